The lowest BCUT2D eigenvalue weighted by Gasteiger charge is -2.10. The lowest BCUT2D eigenvalue weighted by atomic mass is 10.1. The van der Waals surface area contributed by atoms with Gasteiger partial charge in [0.25, 0.3) is 0 Å². The van der Waals surface area contributed by atoms with Crippen LogP contribution in [-0.4, -0.2) is 30.0 Å². The highest BCUT2D eigenvalue weighted by Crippen LogP contribution is 2.31. The fourth-order valence-corrected chi connectivity index (χ4v) is 2.38. The van der Waals surface area contributed by atoms with Crippen molar-refractivity contribution < 1.29 is 21.6 Å². The van der Waals surface area contributed by atoms with E-state index >= 15 is 0 Å². The van der Waals surface area contributed by atoms with Crippen molar-refractivity contribution in [2.24, 2.45) is 0 Å². The third kappa shape index (κ3) is 4.07. The van der Waals surface area contributed by atoms with Gasteiger partial charge in [0.05, 0.1) is 11.3 Å². The van der Waals surface area contributed by atoms with Crippen LogP contribution in [0, 0.1) is 0 Å². The summed E-state index contributed by atoms with van der Waals surface area (Å²) in [6, 6.07) is 4.79. The van der Waals surface area contributed by atoms with Crippen LogP contribution >= 0.6 is 0 Å². The van der Waals surface area contributed by atoms with E-state index in [1.54, 1.807) is 6.20 Å². The molecule has 0 saturated carbocycles. The van der Waals surface area contributed by atoms with Gasteiger partial charge in [-0.3, -0.25) is 0 Å². The summed E-state index contributed by atoms with van der Waals surface area (Å²) in [5.74, 6) is 0.208. The van der Waals surface area contributed by atoms with Crippen molar-refractivity contribution in [2.75, 3.05) is 12.0 Å². The number of hydrogen-bond acceptors (Lipinski definition) is 3. The Bertz CT molecular complexity index is 736. The molecule has 0 unspecified atom stereocenters. The van der Waals surface area contributed by atoms with Gasteiger partial charge in [0.2, 0.25) is 0 Å². The van der Waals surface area contributed by atoms with Gasteiger partial charge in [-0.1, -0.05) is 12.1 Å². The summed E-state index contributed by atoms with van der Waals surface area (Å²) in [5.41, 5.74) is -0.471. The van der Waals surface area contributed by atoms with Crippen LogP contribution in [0.15, 0.2) is 36.7 Å². The van der Waals surface area contributed by atoms with Crippen LogP contribution in [0.1, 0.15) is 5.56 Å². The highest BCUT2D eigenvalue weighted by Gasteiger charge is 2.30. The van der Waals surface area contributed by atoms with Gasteiger partial charge in [-0.2, -0.15) is 13.2 Å². The van der Waals surface area contributed by atoms with Gasteiger partial charge < -0.3 is 4.57 Å². The molecule has 0 fully saturated rings. The second kappa shape index (κ2) is 5.51. The van der Waals surface area contributed by atoms with E-state index in [4.69, 9.17) is 0 Å². The smallest absolute Gasteiger partial charge is 0.330 e. The first-order valence-corrected chi connectivity index (χ1v) is 8.09. The number of nitrogens with zero attached hydrogens (tertiary/aromatic N) is 2. The first-order valence-electron chi connectivity index (χ1n) is 6.03. The molecule has 2 aromatic rings. The Morgan fingerprint density at radius 1 is 1.29 bits per heavy atom. The summed E-state index contributed by atoms with van der Waals surface area (Å²) in [4.78, 5) is 4.01. The fraction of sp³-hybridized carbons (Fsp3) is 0.308. The fourth-order valence-electron chi connectivity index (χ4n) is 1.85. The van der Waals surface area contributed by atoms with Crippen LogP contribution in [-0.2, 0) is 22.6 Å². The third-order valence-electron chi connectivity index (χ3n) is 2.87. The maximum atomic E-state index is 12.7. The van der Waals surface area contributed by atoms with Crippen LogP contribution in [0.4, 0.5) is 13.2 Å². The van der Waals surface area contributed by atoms with E-state index < -0.39 is 21.6 Å². The lowest BCUT2D eigenvalue weighted by Crippen LogP contribution is -2.11. The van der Waals surface area contributed by atoms with Crippen molar-refractivity contribution >= 4 is 9.84 Å². The molecule has 1 aromatic carbocycles. The number of halogens is 3. The number of alkyl halides is 3. The summed E-state index contributed by atoms with van der Waals surface area (Å²) < 4.78 is 62.0. The molecule has 1 heterocycles. The molecule has 0 bridgehead atoms. The number of benzene rings is 1. The molecule has 4 nitrogen and oxygen atoms in total. The van der Waals surface area contributed by atoms with Gasteiger partial charge >= 0.3 is 6.18 Å². The Morgan fingerprint density at radius 2 is 2.00 bits per heavy atom. The van der Waals surface area contributed by atoms with E-state index in [0.29, 0.717) is 11.4 Å². The molecular formula is C13H13F3N2O2S. The van der Waals surface area contributed by atoms with Crippen LogP contribution < -0.4 is 0 Å². The minimum absolute atomic E-state index is 0.102. The number of rotatable bonds is 4. The highest BCUT2D eigenvalue weighted by atomic mass is 32.2. The van der Waals surface area contributed by atoms with Gasteiger partial charge in [-0.05, 0) is 12.1 Å². The average Bonchev–Trinajstić information content (AvgIpc) is 2.83. The molecular weight excluding hydrogens is 305 g/mol. The third-order valence-corrected chi connectivity index (χ3v) is 3.79. The van der Waals surface area contributed by atoms with Gasteiger partial charge in [0.15, 0.2) is 0 Å². The maximum Gasteiger partial charge on any atom is 0.416 e. The largest absolute Gasteiger partial charge is 0.416 e. The van der Waals surface area contributed by atoms with Gasteiger partial charge in [0.1, 0.15) is 15.7 Å². The molecule has 0 aliphatic carbocycles. The Kier molecular flexibility index (Phi) is 4.08. The standard InChI is InChI=1S/C13H13F3N2O2S/c1-21(19,20)8-7-18-6-5-17-12(18)10-3-2-4-11(9-10)13(14,15)16/h2-6,9H,7-8H2,1H3. The molecule has 21 heavy (non-hydrogen) atoms. The molecule has 114 valence electrons. The minimum Gasteiger partial charge on any atom is -0.330 e. The molecule has 0 radical (unpaired) electrons. The van der Waals surface area contributed by atoms with Crippen LogP contribution in [0.3, 0.4) is 0 Å². The van der Waals surface area contributed by atoms with Crippen molar-refractivity contribution in [3.8, 4) is 11.4 Å². The second-order valence-corrected chi connectivity index (χ2v) is 6.91. The zero-order valence-electron chi connectivity index (χ0n) is 11.1. The van der Waals surface area contributed by atoms with Crippen molar-refractivity contribution in [1.82, 2.24) is 9.55 Å². The number of imidazole rings is 1. The van der Waals surface area contributed by atoms with Crippen LogP contribution in [0.2, 0.25) is 0 Å². The Hall–Kier alpha value is -1.83. The minimum atomic E-state index is -4.43. The average molecular weight is 318 g/mol. The Morgan fingerprint density at radius 3 is 2.62 bits per heavy atom. The van der Waals surface area contributed by atoms with E-state index in [0.717, 1.165) is 18.4 Å². The van der Waals surface area contributed by atoms with E-state index in [1.807, 2.05) is 0 Å². The molecule has 0 atom stereocenters. The van der Waals surface area contributed by atoms with Gasteiger partial charge in [-0.15, -0.1) is 0 Å². The van der Waals surface area contributed by atoms with E-state index in [9.17, 15) is 21.6 Å². The van der Waals surface area contributed by atoms with E-state index in [1.165, 1.54) is 22.9 Å². The zero-order chi connectivity index (χ0) is 15.7. The molecule has 0 saturated heterocycles. The monoisotopic (exact) mass is 318 g/mol. The summed E-state index contributed by atoms with van der Waals surface area (Å²) in [7, 11) is -3.16. The quantitative estimate of drug-likeness (QED) is 0.871. The number of hydrogen-bond donors (Lipinski definition) is 0. The predicted octanol–water partition coefficient (Wildman–Crippen LogP) is 2.61. The van der Waals surface area contributed by atoms with Crippen molar-refractivity contribution in [2.45, 2.75) is 12.7 Å². The first kappa shape index (κ1) is 15.6. The van der Waals surface area contributed by atoms with Gasteiger partial charge in [-0.25, -0.2) is 13.4 Å². The SMILES string of the molecule is CS(=O)(=O)CCn1ccnc1-c1cccc(C(F)(F)F)c1. The molecule has 0 aliphatic rings. The van der Waals surface area contributed by atoms with Crippen molar-refractivity contribution in [3.63, 3.8) is 0 Å². The Balaban J connectivity index is 2.33. The molecule has 8 heteroatoms. The maximum absolute atomic E-state index is 12.7. The van der Waals surface area contributed by atoms with Crippen LogP contribution in [0.5, 0.6) is 0 Å². The normalized spacial score (nSPS) is 12.6. The summed E-state index contributed by atoms with van der Waals surface area (Å²) >= 11 is 0. The number of aromatic nitrogens is 2. The Labute approximate surface area is 120 Å². The highest BCUT2D eigenvalue weighted by molar-refractivity contribution is 7.90. The van der Waals surface area contributed by atoms with E-state index in [-0.39, 0.29) is 12.3 Å². The number of aryl methyl sites for hydroxylation is 1. The summed E-state index contributed by atoms with van der Waals surface area (Å²) in [6.45, 7) is 0.143. The molecule has 0 aliphatic heterocycles. The molecule has 0 amide bonds. The van der Waals surface area contributed by atoms with Gasteiger partial charge in [0, 0.05) is 30.8 Å². The van der Waals surface area contributed by atoms with Crippen molar-refractivity contribution in [1.29, 1.82) is 0 Å². The molecule has 0 spiro atoms. The zero-order valence-corrected chi connectivity index (χ0v) is 11.9. The predicted molar refractivity (Wildman–Crippen MR) is 72.4 cm³/mol. The topological polar surface area (TPSA) is 52.0 Å². The molecule has 0 N–H and O–H groups in total. The van der Waals surface area contributed by atoms with E-state index in [2.05, 4.69) is 4.98 Å². The van der Waals surface area contributed by atoms with Crippen LogP contribution in [0.25, 0.3) is 11.4 Å². The lowest BCUT2D eigenvalue weighted by molar-refractivity contribution is -0.137. The molecule has 2 rings (SSSR count). The summed E-state index contributed by atoms with van der Waals surface area (Å²) in [6.07, 6.45) is -0.354. The second-order valence-electron chi connectivity index (χ2n) is 4.65. The number of sulfone groups is 1. The van der Waals surface area contributed by atoms with Crippen molar-refractivity contribution in [3.05, 3.63) is 42.2 Å². The molecule has 1 aromatic heterocycles. The summed E-state index contributed by atoms with van der Waals surface area (Å²) in [5, 5.41) is 0. The first-order chi connectivity index (χ1) is 9.67.